The summed E-state index contributed by atoms with van der Waals surface area (Å²) in [7, 11) is 0. The highest BCUT2D eigenvalue weighted by atomic mass is 16.5. The van der Waals surface area contributed by atoms with Crippen molar-refractivity contribution in [2.24, 2.45) is 5.92 Å². The second-order valence-corrected chi connectivity index (χ2v) is 7.16. The molecule has 0 spiro atoms. The van der Waals surface area contributed by atoms with E-state index < -0.39 is 0 Å². The molecule has 0 bridgehead atoms. The molecule has 3 rings (SSSR count). The number of nitrogens with zero attached hydrogens (tertiary/aromatic N) is 1. The molecular formula is C20H33N3O. The molecule has 24 heavy (non-hydrogen) atoms. The summed E-state index contributed by atoms with van der Waals surface area (Å²) in [6.07, 6.45) is 3.98. The number of aryl methyl sites for hydroxylation is 1. The van der Waals surface area contributed by atoms with Crippen molar-refractivity contribution in [3.05, 3.63) is 29.8 Å². The zero-order chi connectivity index (χ0) is 16.8. The number of morpholine rings is 1. The number of hydrogen-bond acceptors (Lipinski definition) is 4. The number of para-hydroxylation sites is 1. The highest BCUT2D eigenvalue weighted by Gasteiger charge is 2.34. The molecule has 4 nitrogen and oxygen atoms in total. The first kappa shape index (κ1) is 17.7. The van der Waals surface area contributed by atoms with Crippen LogP contribution in [0.15, 0.2) is 24.3 Å². The lowest BCUT2D eigenvalue weighted by atomic mass is 9.94. The lowest BCUT2D eigenvalue weighted by molar-refractivity contribution is 0.0526. The lowest BCUT2D eigenvalue weighted by Gasteiger charge is -2.33. The third-order valence-corrected chi connectivity index (χ3v) is 5.66. The molecule has 0 aromatic heterocycles. The second kappa shape index (κ2) is 8.84. The first-order chi connectivity index (χ1) is 11.8. The largest absolute Gasteiger partial charge is 0.379 e. The average Bonchev–Trinajstić information content (AvgIpc) is 3.09. The Morgan fingerprint density at radius 2 is 2.17 bits per heavy atom. The summed E-state index contributed by atoms with van der Waals surface area (Å²) in [5, 5.41) is 7.51. The van der Waals surface area contributed by atoms with Crippen molar-refractivity contribution in [2.45, 2.75) is 45.2 Å². The highest BCUT2D eigenvalue weighted by molar-refractivity contribution is 5.52. The fourth-order valence-corrected chi connectivity index (χ4v) is 4.34. The smallest absolute Gasteiger partial charge is 0.0623 e. The Bertz CT molecular complexity index is 501. The van der Waals surface area contributed by atoms with Crippen LogP contribution in [0.1, 0.15) is 31.7 Å². The van der Waals surface area contributed by atoms with Gasteiger partial charge < -0.3 is 20.3 Å². The third-order valence-electron chi connectivity index (χ3n) is 5.66. The van der Waals surface area contributed by atoms with Crippen LogP contribution in [0.5, 0.6) is 0 Å². The third kappa shape index (κ3) is 4.29. The average molecular weight is 332 g/mol. The Balaban J connectivity index is 1.50. The Labute approximate surface area is 147 Å². The molecule has 1 aliphatic heterocycles. The van der Waals surface area contributed by atoms with Crippen molar-refractivity contribution >= 4 is 5.69 Å². The molecule has 3 unspecified atom stereocenters. The molecule has 0 radical (unpaired) electrons. The van der Waals surface area contributed by atoms with Crippen LogP contribution < -0.4 is 15.5 Å². The van der Waals surface area contributed by atoms with Gasteiger partial charge in [-0.3, -0.25) is 0 Å². The second-order valence-electron chi connectivity index (χ2n) is 7.16. The normalized spacial score (nSPS) is 27.3. The van der Waals surface area contributed by atoms with Crippen molar-refractivity contribution in [3.8, 4) is 0 Å². The topological polar surface area (TPSA) is 36.5 Å². The molecule has 1 aliphatic carbocycles. The van der Waals surface area contributed by atoms with Crippen LogP contribution in [0.2, 0.25) is 0 Å². The standard InChI is InChI=1S/C20H33N3O/c1-3-23(20-10-5-4-7-16(20)2)13-11-21-18-9-6-8-17(18)19-15-24-14-12-22-19/h4-5,7,10,17-19,21-22H,3,6,8-9,11-15H2,1-2H3. The predicted molar refractivity (Wildman–Crippen MR) is 101 cm³/mol. The van der Waals surface area contributed by atoms with Gasteiger partial charge in [0.15, 0.2) is 0 Å². The van der Waals surface area contributed by atoms with E-state index in [-0.39, 0.29) is 0 Å². The summed E-state index contributed by atoms with van der Waals surface area (Å²) in [5.41, 5.74) is 2.73. The van der Waals surface area contributed by atoms with Gasteiger partial charge in [-0.05, 0) is 44.2 Å². The SMILES string of the molecule is CCN(CCNC1CCCC1C1COCCN1)c1ccccc1C. The summed E-state index contributed by atoms with van der Waals surface area (Å²) in [6, 6.07) is 9.87. The van der Waals surface area contributed by atoms with Gasteiger partial charge in [-0.2, -0.15) is 0 Å². The lowest BCUT2D eigenvalue weighted by Crippen LogP contribution is -2.51. The van der Waals surface area contributed by atoms with Crippen molar-refractivity contribution in [3.63, 3.8) is 0 Å². The maximum atomic E-state index is 5.68. The van der Waals surface area contributed by atoms with Crippen molar-refractivity contribution in [2.75, 3.05) is 44.3 Å². The molecule has 3 atom stereocenters. The Morgan fingerprint density at radius 1 is 1.29 bits per heavy atom. The summed E-state index contributed by atoms with van der Waals surface area (Å²) in [5.74, 6) is 0.721. The zero-order valence-electron chi connectivity index (χ0n) is 15.3. The number of hydrogen-bond donors (Lipinski definition) is 2. The first-order valence-corrected chi connectivity index (χ1v) is 9.64. The molecule has 0 amide bonds. The van der Waals surface area contributed by atoms with Crippen molar-refractivity contribution < 1.29 is 4.74 Å². The van der Waals surface area contributed by atoms with E-state index in [1.165, 1.54) is 30.5 Å². The van der Waals surface area contributed by atoms with E-state index in [2.05, 4.69) is 53.6 Å². The molecule has 1 saturated carbocycles. The maximum absolute atomic E-state index is 5.68. The number of anilines is 1. The van der Waals surface area contributed by atoms with Crippen LogP contribution in [0.25, 0.3) is 0 Å². The number of benzene rings is 1. The van der Waals surface area contributed by atoms with E-state index in [4.69, 9.17) is 4.74 Å². The fraction of sp³-hybridized carbons (Fsp3) is 0.700. The molecule has 1 saturated heterocycles. The van der Waals surface area contributed by atoms with E-state index in [0.717, 1.165) is 45.3 Å². The van der Waals surface area contributed by atoms with Gasteiger partial charge in [0.05, 0.1) is 13.2 Å². The van der Waals surface area contributed by atoms with E-state index in [1.54, 1.807) is 0 Å². The number of nitrogens with one attached hydrogen (secondary N) is 2. The van der Waals surface area contributed by atoms with E-state index >= 15 is 0 Å². The molecule has 2 aliphatic rings. The van der Waals surface area contributed by atoms with Crippen LogP contribution in [0.4, 0.5) is 5.69 Å². The minimum atomic E-state index is 0.539. The van der Waals surface area contributed by atoms with Gasteiger partial charge in [0.2, 0.25) is 0 Å². The highest BCUT2D eigenvalue weighted by Crippen LogP contribution is 2.29. The first-order valence-electron chi connectivity index (χ1n) is 9.64. The number of rotatable bonds is 7. The molecule has 134 valence electrons. The van der Waals surface area contributed by atoms with Gasteiger partial charge in [-0.25, -0.2) is 0 Å². The van der Waals surface area contributed by atoms with Crippen LogP contribution in [0.3, 0.4) is 0 Å². The van der Waals surface area contributed by atoms with Gasteiger partial charge >= 0.3 is 0 Å². The van der Waals surface area contributed by atoms with Gasteiger partial charge in [-0.1, -0.05) is 24.6 Å². The van der Waals surface area contributed by atoms with Gasteiger partial charge in [0, 0.05) is 44.0 Å². The molecule has 1 heterocycles. The summed E-state index contributed by atoms with van der Waals surface area (Å²) < 4.78 is 5.68. The van der Waals surface area contributed by atoms with E-state index in [9.17, 15) is 0 Å². The molecule has 2 fully saturated rings. The van der Waals surface area contributed by atoms with Crippen LogP contribution >= 0.6 is 0 Å². The summed E-state index contributed by atoms with van der Waals surface area (Å²) in [6.45, 7) is 10.4. The minimum Gasteiger partial charge on any atom is -0.379 e. The van der Waals surface area contributed by atoms with Crippen molar-refractivity contribution in [1.29, 1.82) is 0 Å². The Hall–Kier alpha value is -1.10. The minimum absolute atomic E-state index is 0.539. The molecule has 4 heteroatoms. The molecule has 1 aromatic rings. The maximum Gasteiger partial charge on any atom is 0.0623 e. The van der Waals surface area contributed by atoms with Gasteiger partial charge in [0.25, 0.3) is 0 Å². The Kier molecular flexibility index (Phi) is 6.52. The van der Waals surface area contributed by atoms with Crippen LogP contribution in [0, 0.1) is 12.8 Å². The quantitative estimate of drug-likeness (QED) is 0.805. The fourth-order valence-electron chi connectivity index (χ4n) is 4.34. The van der Waals surface area contributed by atoms with E-state index in [0.29, 0.717) is 12.1 Å². The van der Waals surface area contributed by atoms with E-state index in [1.807, 2.05) is 0 Å². The molecule has 1 aromatic carbocycles. The monoisotopic (exact) mass is 331 g/mol. The zero-order valence-corrected chi connectivity index (χ0v) is 15.3. The molecule has 2 N–H and O–H groups in total. The van der Waals surface area contributed by atoms with Crippen molar-refractivity contribution in [1.82, 2.24) is 10.6 Å². The Morgan fingerprint density at radius 3 is 2.92 bits per heavy atom. The number of likely N-dealkylation sites (N-methyl/N-ethyl adjacent to an activating group) is 1. The van der Waals surface area contributed by atoms with Crippen LogP contribution in [-0.4, -0.2) is 51.5 Å². The summed E-state index contributed by atoms with van der Waals surface area (Å²) in [4.78, 5) is 2.48. The number of ether oxygens (including phenoxy) is 1. The van der Waals surface area contributed by atoms with Gasteiger partial charge in [-0.15, -0.1) is 0 Å². The predicted octanol–water partition coefficient (Wildman–Crippen LogP) is 2.57. The van der Waals surface area contributed by atoms with Crippen LogP contribution in [-0.2, 0) is 4.74 Å². The summed E-state index contributed by atoms with van der Waals surface area (Å²) >= 11 is 0. The van der Waals surface area contributed by atoms with Gasteiger partial charge in [0.1, 0.15) is 0 Å². The molecular weight excluding hydrogens is 298 g/mol.